The molecule has 2 aromatic carbocycles. The van der Waals surface area contributed by atoms with Crippen molar-refractivity contribution in [1.82, 2.24) is 9.55 Å². The van der Waals surface area contributed by atoms with Gasteiger partial charge in [0.1, 0.15) is 16.6 Å². The molecule has 1 aliphatic rings. The van der Waals surface area contributed by atoms with Crippen molar-refractivity contribution in [3.05, 3.63) is 97.8 Å². The monoisotopic (exact) mass is 565 g/mol. The molecule has 0 aliphatic carbocycles. The smallest absolute Gasteiger partial charge is 0.416 e. The number of benzene rings is 2. The van der Waals surface area contributed by atoms with Gasteiger partial charge in [-0.15, -0.1) is 0 Å². The summed E-state index contributed by atoms with van der Waals surface area (Å²) >= 11 is 0. The highest BCUT2D eigenvalue weighted by molar-refractivity contribution is 6.12. The first kappa shape index (κ1) is 26.8. The van der Waals surface area contributed by atoms with Crippen molar-refractivity contribution in [3.8, 4) is 5.88 Å². The molecular weight excluding hydrogens is 548 g/mol. The molecule has 2 N–H and O–H groups in total. The van der Waals surface area contributed by atoms with Crippen LogP contribution in [0.3, 0.4) is 0 Å². The summed E-state index contributed by atoms with van der Waals surface area (Å²) in [5, 5.41) is -0.534. The maximum absolute atomic E-state index is 14.0. The summed E-state index contributed by atoms with van der Waals surface area (Å²) < 4.78 is 99.7. The van der Waals surface area contributed by atoms with Gasteiger partial charge in [0.05, 0.1) is 23.7 Å². The van der Waals surface area contributed by atoms with Gasteiger partial charge in [0.25, 0.3) is 6.01 Å². The summed E-state index contributed by atoms with van der Waals surface area (Å²) in [5.74, 6) is -3.20. The molecule has 0 fully saturated rings. The molecule has 1 atom stereocenters. The van der Waals surface area contributed by atoms with Gasteiger partial charge in [-0.2, -0.15) is 31.3 Å². The number of carbonyl (C=O) groups excluding carboxylic acids is 1. The minimum atomic E-state index is -4.87. The van der Waals surface area contributed by atoms with Crippen molar-refractivity contribution in [2.75, 3.05) is 12.3 Å². The van der Waals surface area contributed by atoms with Crippen LogP contribution in [0.2, 0.25) is 0 Å². The Morgan fingerprint density at radius 1 is 1.02 bits per heavy atom. The number of rotatable bonds is 4. The number of esters is 1. The van der Waals surface area contributed by atoms with Crippen molar-refractivity contribution in [2.24, 2.45) is 0 Å². The second kappa shape index (κ2) is 9.47. The molecule has 0 bridgehead atoms. The van der Waals surface area contributed by atoms with Crippen molar-refractivity contribution < 1.29 is 44.7 Å². The lowest BCUT2D eigenvalue weighted by Gasteiger charge is -2.24. The normalized spacial score (nSPS) is 15.6. The first-order valence-electron chi connectivity index (χ1n) is 11.6. The number of fused-ring (bicyclic) bond motifs is 3. The standard InChI is InChI=1S/C26H17F6N3O5/c1-2-38-23(37)18-17(13-8-4-6-10-15(13)26(30,31)32)19-21(40-24(33)34-19)35-16(22(36)39-20(18)35)11-12-7-3-5-9-14(12)25(27,28)29/h3-11,17H,2H2,1H3,(H2,33,34)/b16-11+. The van der Waals surface area contributed by atoms with E-state index in [9.17, 15) is 35.9 Å². The van der Waals surface area contributed by atoms with E-state index < -0.39 is 80.5 Å². The van der Waals surface area contributed by atoms with E-state index in [2.05, 4.69) is 4.98 Å². The predicted molar refractivity (Wildman–Crippen MR) is 126 cm³/mol. The summed E-state index contributed by atoms with van der Waals surface area (Å²) in [5.41, 5.74) is -0.0188. The highest BCUT2D eigenvalue weighted by Crippen LogP contribution is 2.44. The maximum Gasteiger partial charge on any atom is 0.416 e. The molecular formula is C26H17F6N3O5. The van der Waals surface area contributed by atoms with E-state index in [1.54, 1.807) is 0 Å². The SMILES string of the molecule is CCOC(=O)C1=c2oc(=O)/c(=C\c3ccccc3C(F)(F)F)n2-c2oc(N)nc2C1c1ccccc1C(F)(F)F. The van der Waals surface area contributed by atoms with E-state index in [-0.39, 0.29) is 12.3 Å². The number of nitrogens with zero attached hydrogens (tertiary/aromatic N) is 2. The van der Waals surface area contributed by atoms with Gasteiger partial charge in [-0.1, -0.05) is 36.4 Å². The van der Waals surface area contributed by atoms with Crippen LogP contribution in [0.4, 0.5) is 32.4 Å². The molecule has 0 amide bonds. The molecule has 1 aliphatic heterocycles. The fraction of sp³-hybridized carbons (Fsp3) is 0.192. The van der Waals surface area contributed by atoms with Crippen molar-refractivity contribution in [3.63, 3.8) is 0 Å². The molecule has 0 saturated heterocycles. The summed E-state index contributed by atoms with van der Waals surface area (Å²) in [7, 11) is 0. The second-order valence-electron chi connectivity index (χ2n) is 8.54. The fourth-order valence-electron chi connectivity index (χ4n) is 4.59. The van der Waals surface area contributed by atoms with E-state index in [1.807, 2.05) is 0 Å². The average molecular weight is 565 g/mol. The number of oxazole rings is 2. The number of nitrogens with two attached hydrogens (primary N) is 1. The van der Waals surface area contributed by atoms with Crippen LogP contribution in [-0.2, 0) is 21.9 Å². The highest BCUT2D eigenvalue weighted by atomic mass is 19.4. The Balaban J connectivity index is 1.94. The molecule has 2 aromatic heterocycles. The van der Waals surface area contributed by atoms with Gasteiger partial charge < -0.3 is 19.3 Å². The molecule has 3 heterocycles. The lowest BCUT2D eigenvalue weighted by Crippen LogP contribution is -2.38. The molecule has 4 aromatic rings. The Labute approximate surface area is 219 Å². The van der Waals surface area contributed by atoms with E-state index in [0.717, 1.165) is 47.0 Å². The van der Waals surface area contributed by atoms with Gasteiger partial charge in [-0.05, 0) is 36.3 Å². The zero-order chi connectivity index (χ0) is 29.0. The summed E-state index contributed by atoms with van der Waals surface area (Å²) in [4.78, 5) is 30.3. The Bertz CT molecular complexity index is 1810. The molecule has 0 radical (unpaired) electrons. The number of ether oxygens (including phenoxy) is 1. The van der Waals surface area contributed by atoms with Crippen LogP contribution in [0, 0.1) is 0 Å². The number of carbonyl (C=O) groups is 1. The molecule has 0 saturated carbocycles. The van der Waals surface area contributed by atoms with Crippen LogP contribution in [0.5, 0.6) is 0 Å². The van der Waals surface area contributed by atoms with Gasteiger partial charge in [-0.3, -0.25) is 0 Å². The first-order chi connectivity index (χ1) is 18.8. The molecule has 40 heavy (non-hydrogen) atoms. The van der Waals surface area contributed by atoms with E-state index in [4.69, 9.17) is 19.3 Å². The van der Waals surface area contributed by atoms with Gasteiger partial charge >= 0.3 is 23.9 Å². The largest absolute Gasteiger partial charge is 0.462 e. The molecule has 5 rings (SSSR count). The number of alkyl halides is 6. The number of halogens is 6. The van der Waals surface area contributed by atoms with E-state index in [1.165, 1.54) is 19.1 Å². The van der Waals surface area contributed by atoms with Crippen LogP contribution >= 0.6 is 0 Å². The highest BCUT2D eigenvalue weighted by Gasteiger charge is 2.44. The van der Waals surface area contributed by atoms with Gasteiger partial charge in [0.15, 0.2) is 0 Å². The van der Waals surface area contributed by atoms with E-state index >= 15 is 0 Å². The summed E-state index contributed by atoms with van der Waals surface area (Å²) in [6, 6.07) is 8.15. The van der Waals surface area contributed by atoms with Crippen LogP contribution in [-0.4, -0.2) is 22.1 Å². The lowest BCUT2D eigenvalue weighted by molar-refractivity contribution is -0.139. The average Bonchev–Trinajstić information content (AvgIpc) is 3.41. The third-order valence-electron chi connectivity index (χ3n) is 6.12. The maximum atomic E-state index is 14.0. The Hall–Kier alpha value is -4.75. The van der Waals surface area contributed by atoms with Crippen molar-refractivity contribution >= 4 is 23.6 Å². The van der Waals surface area contributed by atoms with Crippen LogP contribution in [0.1, 0.15) is 40.8 Å². The number of aromatic nitrogens is 2. The Morgan fingerprint density at radius 3 is 2.30 bits per heavy atom. The zero-order valence-corrected chi connectivity index (χ0v) is 20.3. The topological polar surface area (TPSA) is 113 Å². The van der Waals surface area contributed by atoms with Crippen molar-refractivity contribution in [1.29, 1.82) is 0 Å². The molecule has 14 heteroatoms. The van der Waals surface area contributed by atoms with Gasteiger partial charge in [0.2, 0.25) is 11.4 Å². The molecule has 8 nitrogen and oxygen atoms in total. The molecule has 208 valence electrons. The van der Waals surface area contributed by atoms with E-state index in [0.29, 0.717) is 0 Å². The van der Waals surface area contributed by atoms with Crippen LogP contribution in [0.25, 0.3) is 17.5 Å². The predicted octanol–water partition coefficient (Wildman–Crippen LogP) is 3.73. The minimum absolute atomic E-state index is 0.202. The zero-order valence-electron chi connectivity index (χ0n) is 20.3. The molecule has 0 spiro atoms. The first-order valence-corrected chi connectivity index (χ1v) is 11.6. The number of nitrogen functional groups attached to an aromatic ring is 1. The van der Waals surface area contributed by atoms with Gasteiger partial charge in [-0.25, -0.2) is 14.2 Å². The number of anilines is 1. The van der Waals surface area contributed by atoms with Crippen LogP contribution in [0.15, 0.2) is 62.2 Å². The fourth-order valence-corrected chi connectivity index (χ4v) is 4.59. The number of hydrogen-bond acceptors (Lipinski definition) is 7. The summed E-state index contributed by atoms with van der Waals surface area (Å²) in [6.45, 7) is 1.24. The lowest BCUT2D eigenvalue weighted by atomic mass is 9.84. The van der Waals surface area contributed by atoms with Gasteiger partial charge in [0, 0.05) is 0 Å². The minimum Gasteiger partial charge on any atom is -0.462 e. The Morgan fingerprint density at radius 2 is 1.65 bits per heavy atom. The third-order valence-corrected chi connectivity index (χ3v) is 6.12. The summed E-state index contributed by atoms with van der Waals surface area (Å²) in [6.07, 6.45) is -8.80. The third kappa shape index (κ3) is 4.44. The molecule has 1 unspecified atom stereocenters. The quantitative estimate of drug-likeness (QED) is 0.297. The van der Waals surface area contributed by atoms with Crippen LogP contribution < -0.4 is 22.3 Å². The number of hydrogen-bond donors (Lipinski definition) is 1. The van der Waals surface area contributed by atoms with Crippen molar-refractivity contribution in [2.45, 2.75) is 25.2 Å². The second-order valence-corrected chi connectivity index (χ2v) is 8.54. The Kier molecular flexibility index (Phi) is 6.35.